The average molecular weight is 191 g/mol. The second-order valence-corrected chi connectivity index (χ2v) is 3.13. The predicted molar refractivity (Wildman–Crippen MR) is 44.0 cm³/mol. The molecule has 0 aliphatic rings. The van der Waals surface area contributed by atoms with Crippen LogP contribution in [-0.2, 0) is 10.3 Å². The molecule has 0 amide bonds. The van der Waals surface area contributed by atoms with Crippen molar-refractivity contribution in [3.63, 3.8) is 0 Å². The summed E-state index contributed by atoms with van der Waals surface area (Å²) in [5, 5.41) is 7.31. The number of halogens is 1. The second-order valence-electron chi connectivity index (χ2n) is 2.80. The zero-order chi connectivity index (χ0) is 9.19. The van der Waals surface area contributed by atoms with E-state index in [1.54, 1.807) is 0 Å². The monoisotopic (exact) mass is 190 g/mol. The van der Waals surface area contributed by atoms with Gasteiger partial charge in [-0.2, -0.15) is 0 Å². The Hall–Kier alpha value is -0.610. The van der Waals surface area contributed by atoms with Crippen LogP contribution < -0.4 is 0 Å². The number of nitrogens with zero attached hydrogens (tertiary/aromatic N) is 2. The Bertz CT molecular complexity index is 260. The van der Waals surface area contributed by atoms with Crippen LogP contribution in [0.15, 0.2) is 4.42 Å². The molecule has 0 saturated heterocycles. The van der Waals surface area contributed by atoms with E-state index < -0.39 is 5.60 Å². The summed E-state index contributed by atoms with van der Waals surface area (Å²) in [4.78, 5) is 0. The molecule has 0 fully saturated rings. The van der Waals surface area contributed by atoms with Crippen molar-refractivity contribution < 1.29 is 9.15 Å². The Morgan fingerprint density at radius 1 is 1.50 bits per heavy atom. The Morgan fingerprint density at radius 2 is 2.17 bits per heavy atom. The SMILES string of the molecule is CCOC(C)(C)c1nnc(Cl)o1. The molecule has 1 aromatic heterocycles. The van der Waals surface area contributed by atoms with E-state index in [0.29, 0.717) is 12.5 Å². The summed E-state index contributed by atoms with van der Waals surface area (Å²) < 4.78 is 10.4. The minimum Gasteiger partial charge on any atom is -0.409 e. The van der Waals surface area contributed by atoms with Crippen LogP contribution in [-0.4, -0.2) is 16.8 Å². The molecule has 0 aromatic carbocycles. The molecule has 12 heavy (non-hydrogen) atoms. The third-order valence-electron chi connectivity index (χ3n) is 1.42. The lowest BCUT2D eigenvalue weighted by Gasteiger charge is -2.19. The van der Waals surface area contributed by atoms with E-state index in [2.05, 4.69) is 10.2 Å². The van der Waals surface area contributed by atoms with Gasteiger partial charge >= 0.3 is 5.35 Å². The molecular weight excluding hydrogens is 180 g/mol. The maximum absolute atomic E-state index is 5.47. The number of aromatic nitrogens is 2. The number of hydrogen-bond donors (Lipinski definition) is 0. The minimum absolute atomic E-state index is 0.0396. The molecule has 4 nitrogen and oxygen atoms in total. The highest BCUT2D eigenvalue weighted by Crippen LogP contribution is 2.23. The van der Waals surface area contributed by atoms with E-state index >= 15 is 0 Å². The highest BCUT2D eigenvalue weighted by Gasteiger charge is 2.27. The Balaban J connectivity index is 2.81. The normalized spacial score (nSPS) is 12.0. The third-order valence-corrected chi connectivity index (χ3v) is 1.57. The van der Waals surface area contributed by atoms with Gasteiger partial charge in [0.25, 0.3) is 0 Å². The van der Waals surface area contributed by atoms with Gasteiger partial charge in [0, 0.05) is 6.61 Å². The summed E-state index contributed by atoms with van der Waals surface area (Å²) in [6.45, 7) is 6.19. The van der Waals surface area contributed by atoms with Gasteiger partial charge in [-0.25, -0.2) is 0 Å². The van der Waals surface area contributed by atoms with Crippen molar-refractivity contribution in [3.8, 4) is 0 Å². The van der Waals surface area contributed by atoms with Crippen LogP contribution in [0.25, 0.3) is 0 Å². The van der Waals surface area contributed by atoms with Gasteiger partial charge in [-0.1, -0.05) is 5.10 Å². The quantitative estimate of drug-likeness (QED) is 0.732. The van der Waals surface area contributed by atoms with E-state index in [4.69, 9.17) is 20.8 Å². The Morgan fingerprint density at radius 3 is 2.58 bits per heavy atom. The largest absolute Gasteiger partial charge is 0.409 e. The summed E-state index contributed by atoms with van der Waals surface area (Å²) >= 11 is 5.47. The molecule has 0 radical (unpaired) electrons. The second kappa shape index (κ2) is 3.41. The molecule has 0 bridgehead atoms. The van der Waals surface area contributed by atoms with Crippen molar-refractivity contribution >= 4 is 11.6 Å². The first kappa shape index (κ1) is 9.48. The Kier molecular flexibility index (Phi) is 2.69. The van der Waals surface area contributed by atoms with Crippen molar-refractivity contribution in [2.45, 2.75) is 26.4 Å². The molecule has 68 valence electrons. The van der Waals surface area contributed by atoms with Gasteiger partial charge in [0.1, 0.15) is 5.60 Å². The summed E-state index contributed by atoms with van der Waals surface area (Å²) in [7, 11) is 0. The molecule has 0 atom stereocenters. The Labute approximate surface area is 75.9 Å². The van der Waals surface area contributed by atoms with Crippen LogP contribution in [0, 0.1) is 0 Å². The summed E-state index contributed by atoms with van der Waals surface area (Å²) in [6.07, 6.45) is 0. The molecule has 0 unspecified atom stereocenters. The van der Waals surface area contributed by atoms with Crippen molar-refractivity contribution in [1.29, 1.82) is 0 Å². The highest BCUT2D eigenvalue weighted by molar-refractivity contribution is 6.27. The number of ether oxygens (including phenoxy) is 1. The van der Waals surface area contributed by atoms with Gasteiger partial charge < -0.3 is 9.15 Å². The van der Waals surface area contributed by atoms with Crippen LogP contribution in [0.2, 0.25) is 5.35 Å². The first-order valence-electron chi connectivity index (χ1n) is 3.69. The van der Waals surface area contributed by atoms with Gasteiger partial charge in [-0.3, -0.25) is 0 Å². The molecular formula is C7H11ClN2O2. The fraction of sp³-hybridized carbons (Fsp3) is 0.714. The maximum atomic E-state index is 5.47. The van der Waals surface area contributed by atoms with E-state index in [0.717, 1.165) is 0 Å². The lowest BCUT2D eigenvalue weighted by Crippen LogP contribution is -2.21. The average Bonchev–Trinajstić information content (AvgIpc) is 2.36. The first-order valence-corrected chi connectivity index (χ1v) is 4.07. The standard InChI is InChI=1S/C7H11ClN2O2/c1-4-11-7(2,3)5-9-10-6(8)12-5/h4H2,1-3H3. The number of hydrogen-bond acceptors (Lipinski definition) is 4. The third kappa shape index (κ3) is 1.95. The van der Waals surface area contributed by atoms with Crippen LogP contribution in [0.1, 0.15) is 26.7 Å². The molecule has 1 rings (SSSR count). The van der Waals surface area contributed by atoms with Crippen LogP contribution >= 0.6 is 11.6 Å². The molecule has 5 heteroatoms. The number of rotatable bonds is 3. The lowest BCUT2D eigenvalue weighted by atomic mass is 10.1. The summed E-state index contributed by atoms with van der Waals surface area (Å²) in [5.74, 6) is 0.398. The van der Waals surface area contributed by atoms with Gasteiger partial charge in [0.05, 0.1) is 0 Å². The smallest absolute Gasteiger partial charge is 0.312 e. The minimum atomic E-state index is -0.561. The van der Waals surface area contributed by atoms with Crippen LogP contribution in [0.5, 0.6) is 0 Å². The molecule has 0 saturated carbocycles. The van der Waals surface area contributed by atoms with E-state index in [9.17, 15) is 0 Å². The maximum Gasteiger partial charge on any atom is 0.312 e. The predicted octanol–water partition coefficient (Wildman–Crippen LogP) is 1.99. The lowest BCUT2D eigenvalue weighted by molar-refractivity contribution is -0.0337. The molecule has 0 aliphatic carbocycles. The highest BCUT2D eigenvalue weighted by atomic mass is 35.5. The van der Waals surface area contributed by atoms with Gasteiger partial charge in [0.2, 0.25) is 5.89 Å². The fourth-order valence-corrected chi connectivity index (χ4v) is 0.982. The first-order chi connectivity index (χ1) is 5.56. The fourth-order valence-electron chi connectivity index (χ4n) is 0.871. The van der Waals surface area contributed by atoms with Gasteiger partial charge in [-0.05, 0) is 32.4 Å². The van der Waals surface area contributed by atoms with E-state index in [1.165, 1.54) is 0 Å². The van der Waals surface area contributed by atoms with Crippen LogP contribution in [0.4, 0.5) is 0 Å². The molecule has 0 N–H and O–H groups in total. The zero-order valence-corrected chi connectivity index (χ0v) is 8.05. The van der Waals surface area contributed by atoms with Crippen molar-refractivity contribution in [3.05, 3.63) is 11.2 Å². The topological polar surface area (TPSA) is 48.2 Å². The van der Waals surface area contributed by atoms with Crippen LogP contribution in [0.3, 0.4) is 0 Å². The summed E-state index contributed by atoms with van der Waals surface area (Å²) in [5.41, 5.74) is -0.561. The van der Waals surface area contributed by atoms with E-state index in [1.807, 2.05) is 20.8 Å². The molecule has 0 aliphatic heterocycles. The zero-order valence-electron chi connectivity index (χ0n) is 7.30. The van der Waals surface area contributed by atoms with Crippen molar-refractivity contribution in [1.82, 2.24) is 10.2 Å². The summed E-state index contributed by atoms with van der Waals surface area (Å²) in [6, 6.07) is 0. The van der Waals surface area contributed by atoms with Gasteiger partial charge in [-0.15, -0.1) is 5.10 Å². The van der Waals surface area contributed by atoms with E-state index in [-0.39, 0.29) is 5.35 Å². The van der Waals surface area contributed by atoms with Crippen molar-refractivity contribution in [2.75, 3.05) is 6.61 Å². The molecule has 0 spiro atoms. The van der Waals surface area contributed by atoms with Crippen molar-refractivity contribution in [2.24, 2.45) is 0 Å². The van der Waals surface area contributed by atoms with Gasteiger partial charge in [0.15, 0.2) is 0 Å². The molecule has 1 aromatic rings. The molecule has 1 heterocycles.